The van der Waals surface area contributed by atoms with E-state index in [9.17, 15) is 14.1 Å². The Morgan fingerprint density at radius 3 is 2.63 bits per heavy atom. The van der Waals surface area contributed by atoms with Gasteiger partial charge >= 0.3 is 5.09 Å². The van der Waals surface area contributed by atoms with Gasteiger partial charge in [0.1, 0.15) is 5.75 Å². The Kier molecular flexibility index (Phi) is 3.78. The summed E-state index contributed by atoms with van der Waals surface area (Å²) < 4.78 is 17.3. The van der Waals surface area contributed by atoms with Gasteiger partial charge in [-0.25, -0.2) is 0 Å². The predicted molar refractivity (Wildman–Crippen MR) is 74.2 cm³/mol. The first-order valence-corrected chi connectivity index (χ1v) is 7.23. The number of ketones is 1. The third-order valence-corrected chi connectivity index (χ3v) is 3.99. The van der Waals surface area contributed by atoms with Gasteiger partial charge in [-0.3, -0.25) is 9.59 Å². The third-order valence-electron chi connectivity index (χ3n) is 2.82. The lowest BCUT2D eigenvalue weighted by atomic mass is 10.0. The molecule has 0 aliphatic carbocycles. The number of aryl methyl sites for hydroxylation is 1. The normalized spacial score (nSPS) is 12.6. The summed E-state index contributed by atoms with van der Waals surface area (Å²) >= 11 is -1.36. The molecule has 5 heteroatoms. The Bertz CT molecular complexity index is 702. The fourth-order valence-electron chi connectivity index (χ4n) is 1.90. The molecule has 0 saturated heterocycles. The van der Waals surface area contributed by atoms with Crippen LogP contribution in [-0.4, -0.2) is 16.1 Å². The quantitative estimate of drug-likeness (QED) is 0.638. The summed E-state index contributed by atoms with van der Waals surface area (Å²) in [7, 11) is 0. The first-order valence-electron chi connectivity index (χ1n) is 5.92. The number of Topliss-reactive ketones (excluding diaryl/α,β-unsaturated/α-hetero) is 1. The van der Waals surface area contributed by atoms with Crippen LogP contribution in [-0.2, 0) is 11.2 Å². The second-order valence-electron chi connectivity index (χ2n) is 4.31. The molecule has 0 saturated carbocycles. The van der Waals surface area contributed by atoms with Crippen molar-refractivity contribution in [1.82, 2.24) is 0 Å². The molecule has 1 heterocycles. The summed E-state index contributed by atoms with van der Waals surface area (Å²) in [6.07, 6.45) is 0. The number of benzene rings is 1. The number of hydrogen-bond donors (Lipinski definition) is 0. The molecule has 0 spiro atoms. The largest absolute Gasteiger partial charge is 0.609 e. The lowest BCUT2D eigenvalue weighted by Gasteiger charge is -2.09. The average Bonchev–Trinajstić information content (AvgIpc) is 2.37. The molecule has 1 aromatic carbocycles. The van der Waals surface area contributed by atoms with Gasteiger partial charge in [0.2, 0.25) is 0 Å². The minimum absolute atomic E-state index is 0.117. The molecule has 0 aliphatic rings. The summed E-state index contributed by atoms with van der Waals surface area (Å²) in [4.78, 5) is 23.7. The lowest BCUT2D eigenvalue weighted by Crippen LogP contribution is -2.11. The zero-order valence-corrected chi connectivity index (χ0v) is 11.8. The Morgan fingerprint density at radius 1 is 1.37 bits per heavy atom. The summed E-state index contributed by atoms with van der Waals surface area (Å²) in [6.45, 7) is 4.96. The molecule has 19 heavy (non-hydrogen) atoms. The van der Waals surface area contributed by atoms with Gasteiger partial charge in [-0.15, -0.1) is 0 Å². The van der Waals surface area contributed by atoms with Gasteiger partial charge in [0.05, 0.1) is 17.0 Å². The summed E-state index contributed by atoms with van der Waals surface area (Å²) in [6, 6.07) is 4.59. The van der Waals surface area contributed by atoms with Crippen molar-refractivity contribution < 1.29 is 13.8 Å². The van der Waals surface area contributed by atoms with Crippen molar-refractivity contribution in [1.29, 1.82) is 0 Å². The lowest BCUT2D eigenvalue weighted by molar-refractivity contribution is 0.101. The van der Waals surface area contributed by atoms with E-state index in [2.05, 4.69) is 0 Å². The van der Waals surface area contributed by atoms with Gasteiger partial charge < -0.3 is 8.97 Å². The van der Waals surface area contributed by atoms with Crippen molar-refractivity contribution in [3.05, 3.63) is 39.5 Å². The van der Waals surface area contributed by atoms with Crippen molar-refractivity contribution in [2.24, 2.45) is 0 Å². The molecule has 4 nitrogen and oxygen atoms in total. The van der Waals surface area contributed by atoms with E-state index in [1.54, 1.807) is 19.1 Å². The highest BCUT2D eigenvalue weighted by Crippen LogP contribution is 2.22. The number of rotatable bonds is 3. The van der Waals surface area contributed by atoms with E-state index in [1.807, 2.05) is 6.92 Å². The van der Waals surface area contributed by atoms with E-state index in [4.69, 9.17) is 4.42 Å². The summed E-state index contributed by atoms with van der Waals surface area (Å²) in [5.74, 6) is 0.173. The van der Waals surface area contributed by atoms with E-state index >= 15 is 0 Å². The minimum Gasteiger partial charge on any atom is -0.609 e. The van der Waals surface area contributed by atoms with E-state index in [-0.39, 0.29) is 21.9 Å². The molecule has 0 N–H and O–H groups in total. The van der Waals surface area contributed by atoms with Crippen LogP contribution in [0.5, 0.6) is 0 Å². The maximum Gasteiger partial charge on any atom is 0.315 e. The van der Waals surface area contributed by atoms with E-state index in [0.29, 0.717) is 16.7 Å². The van der Waals surface area contributed by atoms with Crippen LogP contribution in [0.25, 0.3) is 11.0 Å². The molecule has 100 valence electrons. The van der Waals surface area contributed by atoms with E-state index < -0.39 is 11.2 Å². The highest BCUT2D eigenvalue weighted by molar-refractivity contribution is 7.91. The molecule has 0 fully saturated rings. The smallest absolute Gasteiger partial charge is 0.315 e. The van der Waals surface area contributed by atoms with Crippen molar-refractivity contribution in [2.45, 2.75) is 25.9 Å². The Labute approximate surface area is 113 Å². The van der Waals surface area contributed by atoms with Gasteiger partial charge in [-0.2, -0.15) is 0 Å². The van der Waals surface area contributed by atoms with Crippen LogP contribution in [0, 0.1) is 6.92 Å². The van der Waals surface area contributed by atoms with Gasteiger partial charge in [0.15, 0.2) is 16.8 Å². The van der Waals surface area contributed by atoms with Crippen LogP contribution >= 0.6 is 0 Å². The molecule has 2 aromatic rings. The van der Waals surface area contributed by atoms with Gasteiger partial charge in [0.25, 0.3) is 0 Å². The molecule has 2 rings (SSSR count). The van der Waals surface area contributed by atoms with Crippen molar-refractivity contribution in [2.75, 3.05) is 5.75 Å². The maximum absolute atomic E-state index is 12.0. The highest BCUT2D eigenvalue weighted by atomic mass is 32.2. The standard InChI is InChI=1S/C14H14O4S/c1-4-19(17)13-7-12(16)11-6-8(2)5-10(9(3)15)14(11)18-13/h5-7H,4H2,1-3H3. The molecule has 0 amide bonds. The molecule has 0 bridgehead atoms. The Hall–Kier alpha value is -1.59. The second-order valence-corrected chi connectivity index (χ2v) is 5.98. The van der Waals surface area contributed by atoms with Gasteiger partial charge in [0, 0.05) is 11.2 Å². The molecular formula is C14H14O4S. The number of carbonyl (C=O) groups excluding carboxylic acids is 1. The van der Waals surface area contributed by atoms with Gasteiger partial charge in [-0.05, 0) is 38.5 Å². The average molecular weight is 278 g/mol. The number of hydrogen-bond acceptors (Lipinski definition) is 4. The molecule has 1 aromatic heterocycles. The monoisotopic (exact) mass is 278 g/mol. The Morgan fingerprint density at radius 2 is 2.05 bits per heavy atom. The minimum atomic E-state index is -1.36. The fraction of sp³-hybridized carbons (Fsp3) is 0.286. The number of fused-ring (bicyclic) bond motifs is 1. The molecule has 0 radical (unpaired) electrons. The second kappa shape index (κ2) is 5.19. The molecular weight excluding hydrogens is 264 g/mol. The van der Waals surface area contributed by atoms with Crippen LogP contribution in [0.1, 0.15) is 29.8 Å². The Balaban J connectivity index is 2.85. The van der Waals surface area contributed by atoms with Crippen LogP contribution in [0.2, 0.25) is 0 Å². The van der Waals surface area contributed by atoms with Crippen molar-refractivity contribution >= 4 is 27.9 Å². The third kappa shape index (κ3) is 2.57. The predicted octanol–water partition coefficient (Wildman–Crippen LogP) is 2.43. The molecule has 1 atom stereocenters. The zero-order valence-electron chi connectivity index (χ0n) is 11.0. The first-order chi connectivity index (χ1) is 8.93. The SMILES string of the molecule is CC[S+]([O-])c1cc(=O)c2cc(C)cc(C(C)=O)c2o1. The topological polar surface area (TPSA) is 70.3 Å². The van der Waals surface area contributed by atoms with Crippen LogP contribution in [0.4, 0.5) is 0 Å². The van der Waals surface area contributed by atoms with Gasteiger partial charge in [-0.1, -0.05) is 0 Å². The van der Waals surface area contributed by atoms with Crippen molar-refractivity contribution in [3.63, 3.8) is 0 Å². The fourth-order valence-corrected chi connectivity index (χ4v) is 2.60. The number of carbonyl (C=O) groups is 1. The summed E-state index contributed by atoms with van der Waals surface area (Å²) in [5, 5.41) is 0.466. The van der Waals surface area contributed by atoms with E-state index in [1.165, 1.54) is 13.0 Å². The van der Waals surface area contributed by atoms with Crippen LogP contribution in [0.3, 0.4) is 0 Å². The van der Waals surface area contributed by atoms with E-state index in [0.717, 1.165) is 5.56 Å². The first kappa shape index (κ1) is 13.8. The van der Waals surface area contributed by atoms with Crippen LogP contribution in [0.15, 0.2) is 32.5 Å². The highest BCUT2D eigenvalue weighted by Gasteiger charge is 2.18. The maximum atomic E-state index is 12.0. The zero-order chi connectivity index (χ0) is 14.2. The van der Waals surface area contributed by atoms with Crippen molar-refractivity contribution in [3.8, 4) is 0 Å². The molecule has 1 unspecified atom stereocenters. The molecule has 0 aliphatic heterocycles. The summed E-state index contributed by atoms with van der Waals surface area (Å²) in [5.41, 5.74) is 1.11. The van der Waals surface area contributed by atoms with Crippen LogP contribution < -0.4 is 5.43 Å².